The van der Waals surface area contributed by atoms with Gasteiger partial charge in [-0.1, -0.05) is 30.3 Å². The number of carboxylic acids is 1. The van der Waals surface area contributed by atoms with Crippen molar-refractivity contribution in [2.75, 3.05) is 28.4 Å². The predicted molar refractivity (Wildman–Crippen MR) is 108 cm³/mol. The minimum Gasteiger partial charge on any atom is -0.496 e. The van der Waals surface area contributed by atoms with E-state index in [1.165, 1.54) is 40.6 Å². The molecule has 0 aliphatic carbocycles. The number of methoxy groups -OCH3 is 4. The van der Waals surface area contributed by atoms with Gasteiger partial charge in [0.15, 0.2) is 0 Å². The Morgan fingerprint density at radius 1 is 0.828 bits per heavy atom. The molecule has 152 valence electrons. The van der Waals surface area contributed by atoms with Crippen LogP contribution in [-0.2, 0) is 14.3 Å². The van der Waals surface area contributed by atoms with E-state index in [4.69, 9.17) is 18.9 Å². The number of esters is 1. The minimum atomic E-state index is -1.28. The van der Waals surface area contributed by atoms with Crippen LogP contribution in [-0.4, -0.2) is 45.5 Å². The van der Waals surface area contributed by atoms with Crippen molar-refractivity contribution in [3.63, 3.8) is 0 Å². The van der Waals surface area contributed by atoms with Gasteiger partial charge in [-0.15, -0.1) is 0 Å². The smallest absolute Gasteiger partial charge is 0.338 e. The molecule has 7 nitrogen and oxygen atoms in total. The fraction of sp³-hybridized carbons (Fsp3) is 0.182. The van der Waals surface area contributed by atoms with Crippen molar-refractivity contribution in [1.29, 1.82) is 0 Å². The summed E-state index contributed by atoms with van der Waals surface area (Å²) in [6.45, 7) is 0. The lowest BCUT2D eigenvalue weighted by Gasteiger charge is -2.14. The van der Waals surface area contributed by atoms with Crippen LogP contribution in [0.2, 0.25) is 0 Å². The molecule has 0 bridgehead atoms. The Kier molecular flexibility index (Phi) is 7.42. The number of rotatable bonds is 8. The van der Waals surface area contributed by atoms with Gasteiger partial charge in [-0.2, -0.15) is 0 Å². The summed E-state index contributed by atoms with van der Waals surface area (Å²) in [6.07, 6.45) is 2.76. The monoisotopic (exact) mass is 398 g/mol. The average molecular weight is 398 g/mol. The normalized spacial score (nSPS) is 11.6. The first-order chi connectivity index (χ1) is 13.9. The van der Waals surface area contributed by atoms with Crippen molar-refractivity contribution in [3.8, 4) is 17.2 Å². The Labute approximate surface area is 168 Å². The van der Waals surface area contributed by atoms with Crippen molar-refractivity contribution in [2.24, 2.45) is 0 Å². The molecule has 0 aromatic heterocycles. The predicted octanol–water partition coefficient (Wildman–Crippen LogP) is 3.44. The topological polar surface area (TPSA) is 91.3 Å². The molecule has 2 aromatic rings. The van der Waals surface area contributed by atoms with Crippen molar-refractivity contribution in [2.45, 2.75) is 0 Å². The van der Waals surface area contributed by atoms with E-state index in [0.717, 1.165) is 0 Å². The molecule has 2 aromatic carbocycles. The Hall–Kier alpha value is -3.74. The molecular formula is C22H22O7. The average Bonchev–Trinajstić information content (AvgIpc) is 2.75. The summed E-state index contributed by atoms with van der Waals surface area (Å²) >= 11 is 0. The van der Waals surface area contributed by atoms with E-state index < -0.39 is 11.9 Å². The van der Waals surface area contributed by atoms with Crippen LogP contribution in [0.25, 0.3) is 12.2 Å². The van der Waals surface area contributed by atoms with Crippen LogP contribution >= 0.6 is 0 Å². The van der Waals surface area contributed by atoms with E-state index in [1.54, 1.807) is 36.4 Å². The molecule has 0 amide bonds. The minimum absolute atomic E-state index is 0.161. The van der Waals surface area contributed by atoms with Gasteiger partial charge in [0.05, 0.1) is 45.1 Å². The van der Waals surface area contributed by atoms with Gasteiger partial charge in [0.25, 0.3) is 0 Å². The summed E-state index contributed by atoms with van der Waals surface area (Å²) in [5, 5.41) is 9.76. The van der Waals surface area contributed by atoms with Crippen LogP contribution in [0.5, 0.6) is 17.2 Å². The Balaban J connectivity index is 2.75. The van der Waals surface area contributed by atoms with Gasteiger partial charge in [0, 0.05) is 12.1 Å². The molecule has 0 unspecified atom stereocenters. The Morgan fingerprint density at radius 2 is 1.41 bits per heavy atom. The van der Waals surface area contributed by atoms with E-state index in [9.17, 15) is 14.7 Å². The summed E-state index contributed by atoms with van der Waals surface area (Å²) in [5.41, 5.74) is 0.596. The van der Waals surface area contributed by atoms with Gasteiger partial charge < -0.3 is 24.1 Å². The lowest BCUT2D eigenvalue weighted by atomic mass is 9.99. The van der Waals surface area contributed by atoms with Gasteiger partial charge in [0.1, 0.15) is 17.2 Å². The number of carbonyl (C=O) groups excluding carboxylic acids is 1. The molecule has 0 fully saturated rings. The van der Waals surface area contributed by atoms with Crippen LogP contribution in [0, 0.1) is 0 Å². The highest BCUT2D eigenvalue weighted by Gasteiger charge is 2.23. The molecule has 0 saturated carbocycles. The third-order valence-electron chi connectivity index (χ3n) is 4.08. The summed E-state index contributed by atoms with van der Waals surface area (Å²) in [4.78, 5) is 24.4. The molecule has 7 heteroatoms. The van der Waals surface area contributed by atoms with E-state index in [1.807, 2.05) is 6.07 Å². The van der Waals surface area contributed by atoms with E-state index in [-0.39, 0.29) is 11.1 Å². The highest BCUT2D eigenvalue weighted by Crippen LogP contribution is 2.36. The van der Waals surface area contributed by atoms with Crippen molar-refractivity contribution < 1.29 is 33.6 Å². The second-order valence-electron chi connectivity index (χ2n) is 5.77. The zero-order valence-electron chi connectivity index (χ0n) is 16.6. The maximum Gasteiger partial charge on any atom is 0.338 e. The van der Waals surface area contributed by atoms with E-state index >= 15 is 0 Å². The van der Waals surface area contributed by atoms with E-state index in [2.05, 4.69) is 0 Å². The van der Waals surface area contributed by atoms with Gasteiger partial charge in [-0.3, -0.25) is 0 Å². The third kappa shape index (κ3) is 5.16. The van der Waals surface area contributed by atoms with Crippen molar-refractivity contribution in [1.82, 2.24) is 0 Å². The molecule has 1 N–H and O–H groups in total. The molecule has 0 radical (unpaired) electrons. The van der Waals surface area contributed by atoms with E-state index in [0.29, 0.717) is 28.4 Å². The lowest BCUT2D eigenvalue weighted by molar-refractivity contribution is -0.138. The number of aliphatic carboxylic acids is 1. The lowest BCUT2D eigenvalue weighted by Crippen LogP contribution is -2.13. The molecule has 0 aliphatic rings. The fourth-order valence-electron chi connectivity index (χ4n) is 2.65. The maximum atomic E-state index is 12.5. The number of benzene rings is 2. The molecule has 0 spiro atoms. The zero-order chi connectivity index (χ0) is 21.4. The van der Waals surface area contributed by atoms with Crippen molar-refractivity contribution >= 4 is 24.1 Å². The summed E-state index contributed by atoms with van der Waals surface area (Å²) < 4.78 is 20.8. The highest BCUT2D eigenvalue weighted by molar-refractivity contribution is 6.12. The number of hydrogen-bond donors (Lipinski definition) is 1. The van der Waals surface area contributed by atoms with Gasteiger partial charge >= 0.3 is 11.9 Å². The van der Waals surface area contributed by atoms with Crippen molar-refractivity contribution in [3.05, 3.63) is 64.7 Å². The van der Waals surface area contributed by atoms with Crippen LogP contribution in [0.4, 0.5) is 0 Å². The van der Waals surface area contributed by atoms with Gasteiger partial charge in [0.2, 0.25) is 0 Å². The molecule has 0 heterocycles. The molecular weight excluding hydrogens is 376 g/mol. The van der Waals surface area contributed by atoms with Gasteiger partial charge in [-0.05, 0) is 17.7 Å². The molecule has 0 atom stereocenters. The quantitative estimate of drug-likeness (QED) is 0.414. The fourth-order valence-corrected chi connectivity index (χ4v) is 2.65. The number of carboxylic acid groups (broad SMARTS) is 1. The second kappa shape index (κ2) is 9.98. The molecule has 29 heavy (non-hydrogen) atoms. The van der Waals surface area contributed by atoms with Crippen LogP contribution < -0.4 is 14.2 Å². The SMILES string of the molecule is COC(=O)C(=C/c1c(OC)cc(OC)cc1OC)/C(=C\c1ccccc1)C(=O)O. The van der Waals surface area contributed by atoms with Gasteiger partial charge in [-0.25, -0.2) is 9.59 Å². The largest absolute Gasteiger partial charge is 0.496 e. The first kappa shape index (κ1) is 21.6. The maximum absolute atomic E-state index is 12.5. The Morgan fingerprint density at radius 3 is 1.86 bits per heavy atom. The van der Waals surface area contributed by atoms with Crippen LogP contribution in [0.15, 0.2) is 53.6 Å². The van der Waals surface area contributed by atoms with Crippen LogP contribution in [0.1, 0.15) is 11.1 Å². The number of hydrogen-bond acceptors (Lipinski definition) is 6. The standard InChI is InChI=1S/C22H22O7/c1-26-15-11-19(27-2)18(20(12-15)28-3)13-17(22(25)29-4)16(21(23)24)10-14-8-6-5-7-9-14/h5-13H,1-4H3,(H,23,24)/b16-10+,17-13+. The summed E-state index contributed by atoms with van der Waals surface area (Å²) in [6, 6.07) is 12.0. The summed E-state index contributed by atoms with van der Waals surface area (Å²) in [5.74, 6) is -0.931. The number of ether oxygens (including phenoxy) is 4. The molecule has 0 aliphatic heterocycles. The first-order valence-electron chi connectivity index (χ1n) is 8.55. The summed E-state index contributed by atoms with van der Waals surface area (Å²) in [7, 11) is 5.57. The Bertz CT molecular complexity index is 918. The molecule has 2 rings (SSSR count). The highest BCUT2D eigenvalue weighted by atomic mass is 16.5. The first-order valence-corrected chi connectivity index (χ1v) is 8.55. The zero-order valence-corrected chi connectivity index (χ0v) is 16.6. The number of carbonyl (C=O) groups is 2. The van der Waals surface area contributed by atoms with Crippen LogP contribution in [0.3, 0.4) is 0 Å². The molecule has 0 saturated heterocycles. The third-order valence-corrected chi connectivity index (χ3v) is 4.08. The second-order valence-corrected chi connectivity index (χ2v) is 5.77.